The highest BCUT2D eigenvalue weighted by Gasteiger charge is 2.46. The van der Waals surface area contributed by atoms with Crippen molar-refractivity contribution in [2.75, 3.05) is 13.6 Å². The number of carboxylic acid groups (broad SMARTS) is 1. The van der Waals surface area contributed by atoms with Crippen molar-refractivity contribution >= 4 is 35.1 Å². The second kappa shape index (κ2) is 6.02. The maximum atomic E-state index is 12.2. The summed E-state index contributed by atoms with van der Waals surface area (Å²) < 4.78 is 0. The molecule has 0 spiro atoms. The molecule has 108 valence electrons. The first-order valence-electron chi connectivity index (χ1n) is 6.32. The molecule has 1 aromatic carbocycles. The minimum Gasteiger partial charge on any atom is -0.481 e. The Morgan fingerprint density at radius 3 is 2.75 bits per heavy atom. The molecule has 0 aliphatic heterocycles. The monoisotopic (exact) mass is 315 g/mol. The number of aliphatic carboxylic acids is 1. The topological polar surface area (TPSA) is 57.6 Å². The van der Waals surface area contributed by atoms with Crippen LogP contribution in [0.1, 0.15) is 24.3 Å². The van der Waals surface area contributed by atoms with Gasteiger partial charge in [0.15, 0.2) is 0 Å². The molecular weight excluding hydrogens is 301 g/mol. The second-order valence-electron chi connectivity index (χ2n) is 5.00. The number of benzene rings is 1. The maximum Gasteiger partial charge on any atom is 0.305 e. The standard InChI is InChI=1S/C14H15Cl2NO3/c1-17(6-5-12(18)19)14(20)10-7-9(10)8-3-2-4-11(15)13(8)16/h2-4,9-10H,5-7H2,1H3,(H,18,19)/t9-,10+/m1/s1. The first-order valence-corrected chi connectivity index (χ1v) is 7.08. The number of halogens is 2. The van der Waals surface area contributed by atoms with Gasteiger partial charge in [-0.25, -0.2) is 0 Å². The van der Waals surface area contributed by atoms with Crippen LogP contribution in [-0.4, -0.2) is 35.5 Å². The summed E-state index contributed by atoms with van der Waals surface area (Å²) in [6.45, 7) is 0.223. The SMILES string of the molecule is CN(CCC(=O)O)C(=O)[C@H]1C[C@@H]1c1cccc(Cl)c1Cl. The Bertz CT molecular complexity index is 547. The molecule has 0 radical (unpaired) electrons. The first kappa shape index (κ1) is 15.1. The predicted octanol–water partition coefficient (Wildman–Crippen LogP) is 3.03. The lowest BCUT2D eigenvalue weighted by molar-refractivity contribution is -0.138. The summed E-state index contributed by atoms with van der Waals surface area (Å²) in [6.07, 6.45) is 0.688. The molecule has 1 aliphatic carbocycles. The smallest absolute Gasteiger partial charge is 0.305 e. The van der Waals surface area contributed by atoms with E-state index < -0.39 is 5.97 Å². The molecular formula is C14H15Cl2NO3. The number of hydrogen-bond acceptors (Lipinski definition) is 2. The summed E-state index contributed by atoms with van der Waals surface area (Å²) in [4.78, 5) is 24.1. The average molecular weight is 316 g/mol. The molecule has 1 aliphatic rings. The Kier molecular flexibility index (Phi) is 4.55. The zero-order chi connectivity index (χ0) is 14.9. The van der Waals surface area contributed by atoms with E-state index in [1.807, 2.05) is 12.1 Å². The fourth-order valence-electron chi connectivity index (χ4n) is 2.28. The van der Waals surface area contributed by atoms with Crippen LogP contribution in [0.15, 0.2) is 18.2 Å². The van der Waals surface area contributed by atoms with Crippen molar-refractivity contribution in [1.29, 1.82) is 0 Å². The Labute approximate surface area is 127 Å². The molecule has 2 rings (SSSR count). The van der Waals surface area contributed by atoms with Crippen molar-refractivity contribution in [3.63, 3.8) is 0 Å². The van der Waals surface area contributed by atoms with E-state index in [1.165, 1.54) is 4.90 Å². The van der Waals surface area contributed by atoms with Crippen LogP contribution in [0.2, 0.25) is 10.0 Å². The number of carboxylic acids is 1. The van der Waals surface area contributed by atoms with E-state index in [2.05, 4.69) is 0 Å². The average Bonchev–Trinajstić information content (AvgIpc) is 3.18. The second-order valence-corrected chi connectivity index (χ2v) is 5.78. The van der Waals surface area contributed by atoms with E-state index in [1.54, 1.807) is 13.1 Å². The van der Waals surface area contributed by atoms with Crippen LogP contribution in [0.4, 0.5) is 0 Å². The van der Waals surface area contributed by atoms with Crippen molar-refractivity contribution in [2.45, 2.75) is 18.8 Å². The van der Waals surface area contributed by atoms with Crippen molar-refractivity contribution in [3.05, 3.63) is 33.8 Å². The number of amides is 1. The third-order valence-corrected chi connectivity index (χ3v) is 4.36. The van der Waals surface area contributed by atoms with E-state index in [4.69, 9.17) is 28.3 Å². The normalized spacial score (nSPS) is 20.6. The van der Waals surface area contributed by atoms with Gasteiger partial charge in [-0.05, 0) is 24.0 Å². The lowest BCUT2D eigenvalue weighted by Crippen LogP contribution is -2.30. The van der Waals surface area contributed by atoms with Gasteiger partial charge in [0.25, 0.3) is 0 Å². The highest BCUT2D eigenvalue weighted by molar-refractivity contribution is 6.42. The fourth-order valence-corrected chi connectivity index (χ4v) is 2.72. The number of carbonyl (C=O) groups is 2. The number of nitrogens with zero attached hydrogens (tertiary/aromatic N) is 1. The first-order chi connectivity index (χ1) is 9.41. The minimum atomic E-state index is -0.908. The van der Waals surface area contributed by atoms with E-state index in [-0.39, 0.29) is 30.7 Å². The summed E-state index contributed by atoms with van der Waals surface area (Å²) in [6, 6.07) is 5.41. The lowest BCUT2D eigenvalue weighted by Gasteiger charge is -2.16. The van der Waals surface area contributed by atoms with Gasteiger partial charge in [0, 0.05) is 19.5 Å². The van der Waals surface area contributed by atoms with E-state index in [0.29, 0.717) is 10.0 Å². The van der Waals surface area contributed by atoms with E-state index in [0.717, 1.165) is 12.0 Å². The van der Waals surface area contributed by atoms with Gasteiger partial charge in [-0.3, -0.25) is 9.59 Å². The maximum absolute atomic E-state index is 12.2. The summed E-state index contributed by atoms with van der Waals surface area (Å²) in [7, 11) is 1.63. The van der Waals surface area contributed by atoms with Crippen LogP contribution in [0.25, 0.3) is 0 Å². The van der Waals surface area contributed by atoms with Gasteiger partial charge in [0.1, 0.15) is 0 Å². The molecule has 0 heterocycles. The summed E-state index contributed by atoms with van der Waals surface area (Å²) in [5.41, 5.74) is 0.893. The third kappa shape index (κ3) is 3.25. The number of rotatable bonds is 5. The molecule has 0 saturated heterocycles. The largest absolute Gasteiger partial charge is 0.481 e. The van der Waals surface area contributed by atoms with Crippen LogP contribution in [0.3, 0.4) is 0 Å². The summed E-state index contributed by atoms with van der Waals surface area (Å²) >= 11 is 12.1. The quantitative estimate of drug-likeness (QED) is 0.908. The Morgan fingerprint density at radius 1 is 1.40 bits per heavy atom. The molecule has 4 nitrogen and oxygen atoms in total. The molecule has 2 atom stereocenters. The highest BCUT2D eigenvalue weighted by atomic mass is 35.5. The fraction of sp³-hybridized carbons (Fsp3) is 0.429. The molecule has 1 amide bonds. The summed E-state index contributed by atoms with van der Waals surface area (Å²) in [5.74, 6) is -0.979. The van der Waals surface area contributed by atoms with Crippen molar-refractivity contribution in [1.82, 2.24) is 4.90 Å². The lowest BCUT2D eigenvalue weighted by atomic mass is 10.1. The molecule has 1 N–H and O–H groups in total. The summed E-state index contributed by atoms with van der Waals surface area (Å²) in [5, 5.41) is 9.62. The zero-order valence-electron chi connectivity index (χ0n) is 11.0. The predicted molar refractivity (Wildman–Crippen MR) is 77.2 cm³/mol. The molecule has 6 heteroatoms. The van der Waals surface area contributed by atoms with Gasteiger partial charge in [0.2, 0.25) is 5.91 Å². The molecule has 20 heavy (non-hydrogen) atoms. The van der Waals surface area contributed by atoms with Gasteiger partial charge in [-0.15, -0.1) is 0 Å². The van der Waals surface area contributed by atoms with E-state index in [9.17, 15) is 9.59 Å². The molecule has 0 aromatic heterocycles. The van der Waals surface area contributed by atoms with Crippen LogP contribution in [-0.2, 0) is 9.59 Å². The van der Waals surface area contributed by atoms with E-state index >= 15 is 0 Å². The zero-order valence-corrected chi connectivity index (χ0v) is 12.5. The van der Waals surface area contributed by atoms with Gasteiger partial charge in [-0.1, -0.05) is 35.3 Å². The Morgan fingerprint density at radius 2 is 2.10 bits per heavy atom. The van der Waals surface area contributed by atoms with Gasteiger partial charge >= 0.3 is 5.97 Å². The van der Waals surface area contributed by atoms with Crippen molar-refractivity contribution in [2.24, 2.45) is 5.92 Å². The third-order valence-electron chi connectivity index (χ3n) is 3.53. The van der Waals surface area contributed by atoms with Crippen LogP contribution < -0.4 is 0 Å². The minimum absolute atomic E-state index is 0.0349. The molecule has 0 bridgehead atoms. The van der Waals surface area contributed by atoms with Crippen LogP contribution in [0.5, 0.6) is 0 Å². The molecule has 0 unspecified atom stereocenters. The Hall–Kier alpha value is -1.26. The van der Waals surface area contributed by atoms with Crippen molar-refractivity contribution < 1.29 is 14.7 Å². The van der Waals surface area contributed by atoms with Gasteiger partial charge in [0.05, 0.1) is 16.5 Å². The van der Waals surface area contributed by atoms with Crippen LogP contribution >= 0.6 is 23.2 Å². The molecule has 1 fully saturated rings. The molecule has 1 saturated carbocycles. The Balaban J connectivity index is 1.99. The molecule has 1 aromatic rings. The van der Waals surface area contributed by atoms with Gasteiger partial charge in [-0.2, -0.15) is 0 Å². The number of hydrogen-bond donors (Lipinski definition) is 1. The van der Waals surface area contributed by atoms with Crippen molar-refractivity contribution in [3.8, 4) is 0 Å². The van der Waals surface area contributed by atoms with Gasteiger partial charge < -0.3 is 10.0 Å². The van der Waals surface area contributed by atoms with Crippen LogP contribution in [0, 0.1) is 5.92 Å². The number of carbonyl (C=O) groups excluding carboxylic acids is 1. The highest BCUT2D eigenvalue weighted by Crippen LogP contribution is 2.51.